The number of benzene rings is 1. The normalized spacial score (nSPS) is 14.9. The van der Waals surface area contributed by atoms with Crippen LogP contribution in [0.15, 0.2) is 12.1 Å². The molecule has 1 aromatic heterocycles. The van der Waals surface area contributed by atoms with Crippen LogP contribution in [-0.2, 0) is 15.7 Å². The summed E-state index contributed by atoms with van der Waals surface area (Å²) < 4.78 is 31.0. The molecule has 0 atom stereocenters. The van der Waals surface area contributed by atoms with Crippen molar-refractivity contribution >= 4 is 9.84 Å². The van der Waals surface area contributed by atoms with Crippen LogP contribution in [0.2, 0.25) is 0 Å². The van der Waals surface area contributed by atoms with Crippen LogP contribution in [0, 0.1) is 27.7 Å². The largest absolute Gasteiger partial charge is 0.453 e. The zero-order valence-corrected chi connectivity index (χ0v) is 15.7. The van der Waals surface area contributed by atoms with Gasteiger partial charge in [-0.2, -0.15) is 5.10 Å². The van der Waals surface area contributed by atoms with E-state index in [2.05, 4.69) is 25.9 Å². The van der Waals surface area contributed by atoms with Crippen LogP contribution in [0.1, 0.15) is 46.8 Å². The Hall–Kier alpha value is -1.82. The fraction of sp³-hybridized carbons (Fsp3) is 0.500. The van der Waals surface area contributed by atoms with Gasteiger partial charge in [0.05, 0.1) is 5.69 Å². The maximum absolute atomic E-state index is 11.6. The molecule has 1 fully saturated rings. The maximum Gasteiger partial charge on any atom is 0.171 e. The van der Waals surface area contributed by atoms with Crippen LogP contribution in [-0.4, -0.2) is 24.5 Å². The summed E-state index contributed by atoms with van der Waals surface area (Å²) in [5.41, 5.74) is 5.26. The Morgan fingerprint density at radius 3 is 2.25 bits per heavy atom. The lowest BCUT2D eigenvalue weighted by Crippen LogP contribution is -2.11. The first kappa shape index (κ1) is 17.0. The van der Waals surface area contributed by atoms with Gasteiger partial charge in [-0.15, -0.1) is 0 Å². The first-order valence-corrected chi connectivity index (χ1v) is 10.2. The van der Waals surface area contributed by atoms with Gasteiger partial charge in [0, 0.05) is 12.2 Å². The fourth-order valence-corrected chi connectivity index (χ4v) is 3.52. The van der Waals surface area contributed by atoms with Gasteiger partial charge in [-0.25, -0.2) is 8.42 Å². The highest BCUT2D eigenvalue weighted by Crippen LogP contribution is 2.46. The summed E-state index contributed by atoms with van der Waals surface area (Å²) in [5, 5.41) is 4.53. The molecule has 1 aliphatic carbocycles. The SMILES string of the molecule is Cc1cc(Oc2c(C3CC3)nn(CS(C)(=O)=O)c2C)cc(C)c1C. The molecular weight excluding hydrogens is 324 g/mol. The minimum absolute atomic E-state index is 0.117. The predicted molar refractivity (Wildman–Crippen MR) is 94.5 cm³/mol. The quantitative estimate of drug-likeness (QED) is 0.825. The highest BCUT2D eigenvalue weighted by Gasteiger charge is 2.32. The molecule has 6 heteroatoms. The molecule has 0 spiro atoms. The zero-order chi connectivity index (χ0) is 17.6. The molecule has 2 aromatic rings. The Labute approximate surface area is 143 Å². The third kappa shape index (κ3) is 3.48. The molecule has 24 heavy (non-hydrogen) atoms. The van der Waals surface area contributed by atoms with Gasteiger partial charge in [0.2, 0.25) is 0 Å². The molecule has 0 unspecified atom stereocenters. The first-order chi connectivity index (χ1) is 11.2. The molecule has 1 aromatic carbocycles. The smallest absolute Gasteiger partial charge is 0.171 e. The topological polar surface area (TPSA) is 61.2 Å². The number of sulfone groups is 1. The Morgan fingerprint density at radius 2 is 1.75 bits per heavy atom. The van der Waals surface area contributed by atoms with Crippen molar-refractivity contribution in [3.8, 4) is 11.5 Å². The van der Waals surface area contributed by atoms with E-state index in [0.717, 1.165) is 30.0 Å². The standard InChI is InChI=1S/C18H24N2O3S/c1-11-8-16(9-12(2)13(11)3)23-18-14(4)20(10-24(5,21)22)19-17(18)15-6-7-15/h8-9,15H,6-7,10H2,1-5H3. The van der Waals surface area contributed by atoms with E-state index in [9.17, 15) is 8.42 Å². The molecule has 5 nitrogen and oxygen atoms in total. The molecule has 0 amide bonds. The first-order valence-electron chi connectivity index (χ1n) is 8.16. The van der Waals surface area contributed by atoms with Crippen molar-refractivity contribution in [3.05, 3.63) is 40.2 Å². The Kier molecular flexibility index (Phi) is 4.20. The van der Waals surface area contributed by atoms with Gasteiger partial charge in [0.1, 0.15) is 17.3 Å². The van der Waals surface area contributed by atoms with Gasteiger partial charge in [0.25, 0.3) is 0 Å². The second-order valence-electron chi connectivity index (χ2n) is 6.91. The lowest BCUT2D eigenvalue weighted by atomic mass is 10.0. The van der Waals surface area contributed by atoms with Gasteiger partial charge in [-0.3, -0.25) is 4.68 Å². The van der Waals surface area contributed by atoms with Crippen molar-refractivity contribution in [2.45, 2.75) is 52.3 Å². The Morgan fingerprint density at radius 1 is 1.17 bits per heavy atom. The summed E-state index contributed by atoms with van der Waals surface area (Å²) in [6.45, 7) is 8.10. The molecule has 0 N–H and O–H groups in total. The van der Waals surface area contributed by atoms with Gasteiger partial charge in [-0.1, -0.05) is 0 Å². The summed E-state index contributed by atoms with van der Waals surface area (Å²) in [7, 11) is -3.16. The van der Waals surface area contributed by atoms with E-state index in [1.165, 1.54) is 22.9 Å². The number of hydrogen-bond acceptors (Lipinski definition) is 4. The van der Waals surface area contributed by atoms with Gasteiger partial charge >= 0.3 is 0 Å². The Bertz CT molecular complexity index is 870. The average Bonchev–Trinajstić information content (AvgIpc) is 3.25. The summed E-state index contributed by atoms with van der Waals surface area (Å²) in [4.78, 5) is 0. The Balaban J connectivity index is 2.01. The third-order valence-electron chi connectivity index (χ3n) is 4.62. The third-order valence-corrected chi connectivity index (χ3v) is 5.33. The van der Waals surface area contributed by atoms with Crippen LogP contribution in [0.4, 0.5) is 0 Å². The molecule has 3 rings (SSSR count). The van der Waals surface area contributed by atoms with Crippen molar-refractivity contribution in [2.75, 3.05) is 6.26 Å². The number of rotatable bonds is 5. The molecule has 1 aliphatic rings. The van der Waals surface area contributed by atoms with Crippen molar-refractivity contribution in [3.63, 3.8) is 0 Å². The predicted octanol–water partition coefficient (Wildman–Crippen LogP) is 3.79. The van der Waals surface area contributed by atoms with Gasteiger partial charge < -0.3 is 4.74 Å². The van der Waals surface area contributed by atoms with Crippen LogP contribution in [0.25, 0.3) is 0 Å². The molecule has 0 radical (unpaired) electrons. The summed E-state index contributed by atoms with van der Waals surface area (Å²) in [6, 6.07) is 4.04. The van der Waals surface area contributed by atoms with E-state index in [4.69, 9.17) is 4.74 Å². The minimum Gasteiger partial charge on any atom is -0.453 e. The lowest BCUT2D eigenvalue weighted by molar-refractivity contribution is 0.470. The summed E-state index contributed by atoms with van der Waals surface area (Å²) >= 11 is 0. The van der Waals surface area contributed by atoms with Crippen LogP contribution >= 0.6 is 0 Å². The van der Waals surface area contributed by atoms with E-state index < -0.39 is 9.84 Å². The highest BCUT2D eigenvalue weighted by molar-refractivity contribution is 7.89. The van der Waals surface area contributed by atoms with Crippen LogP contribution < -0.4 is 4.74 Å². The van der Waals surface area contributed by atoms with E-state index in [1.54, 1.807) is 4.68 Å². The summed E-state index contributed by atoms with van der Waals surface area (Å²) in [5.74, 6) is 1.75. The van der Waals surface area contributed by atoms with Gasteiger partial charge in [0.15, 0.2) is 15.6 Å². The van der Waals surface area contributed by atoms with E-state index in [-0.39, 0.29) is 5.88 Å². The van der Waals surface area contributed by atoms with E-state index in [1.807, 2.05) is 19.1 Å². The molecule has 1 heterocycles. The molecular formula is C18H24N2O3S. The zero-order valence-electron chi connectivity index (χ0n) is 14.9. The number of aryl methyl sites for hydroxylation is 2. The van der Waals surface area contributed by atoms with Crippen LogP contribution in [0.5, 0.6) is 11.5 Å². The van der Waals surface area contributed by atoms with E-state index in [0.29, 0.717) is 11.7 Å². The lowest BCUT2D eigenvalue weighted by Gasteiger charge is -2.11. The van der Waals surface area contributed by atoms with Gasteiger partial charge in [-0.05, 0) is 69.4 Å². The molecule has 0 aliphatic heterocycles. The van der Waals surface area contributed by atoms with Crippen molar-refractivity contribution in [1.29, 1.82) is 0 Å². The molecule has 130 valence electrons. The molecule has 1 saturated carbocycles. The number of nitrogens with zero attached hydrogens (tertiary/aromatic N) is 2. The molecule has 0 saturated heterocycles. The maximum atomic E-state index is 11.6. The number of aromatic nitrogens is 2. The monoisotopic (exact) mass is 348 g/mol. The molecule has 0 bridgehead atoms. The average molecular weight is 348 g/mol. The number of hydrogen-bond donors (Lipinski definition) is 0. The second-order valence-corrected chi connectivity index (χ2v) is 9.02. The number of ether oxygens (including phenoxy) is 1. The fourth-order valence-electron chi connectivity index (χ4n) is 2.82. The highest BCUT2D eigenvalue weighted by atomic mass is 32.2. The van der Waals surface area contributed by atoms with Crippen LogP contribution in [0.3, 0.4) is 0 Å². The van der Waals surface area contributed by atoms with Crippen molar-refractivity contribution < 1.29 is 13.2 Å². The van der Waals surface area contributed by atoms with E-state index >= 15 is 0 Å². The second kappa shape index (κ2) is 5.92. The van der Waals surface area contributed by atoms with Crippen molar-refractivity contribution in [1.82, 2.24) is 9.78 Å². The van der Waals surface area contributed by atoms with Crippen molar-refractivity contribution in [2.24, 2.45) is 0 Å². The summed E-state index contributed by atoms with van der Waals surface area (Å²) in [6.07, 6.45) is 3.38. The minimum atomic E-state index is -3.16.